The maximum absolute atomic E-state index is 8.99. The third-order valence-corrected chi connectivity index (χ3v) is 0.655. The van der Waals surface area contributed by atoms with Gasteiger partial charge in [-0.1, -0.05) is 0 Å². The van der Waals surface area contributed by atoms with Crippen molar-refractivity contribution in [2.75, 3.05) is 0 Å². The molecule has 0 aliphatic carbocycles. The van der Waals surface area contributed by atoms with Crippen molar-refractivity contribution in [3.8, 4) is 0 Å². The summed E-state index contributed by atoms with van der Waals surface area (Å²) in [5, 5.41) is 1.95. The van der Waals surface area contributed by atoms with Crippen LogP contribution in [0.15, 0.2) is 5.34 Å². The zero-order valence-corrected chi connectivity index (χ0v) is 4.87. The topological polar surface area (TPSA) is 38.7 Å². The van der Waals surface area contributed by atoms with Crippen molar-refractivity contribution in [3.05, 3.63) is 4.91 Å². The van der Waals surface area contributed by atoms with Gasteiger partial charge in [-0.3, -0.25) is 0 Å². The van der Waals surface area contributed by atoms with E-state index in [1.165, 1.54) is 0 Å². The Morgan fingerprint density at radius 3 is 2.17 bits per heavy atom. The van der Waals surface area contributed by atoms with Gasteiger partial charge in [0.05, 0.1) is 0 Å². The van der Waals surface area contributed by atoms with Gasteiger partial charge in [-0.25, -0.2) is 0 Å². The highest BCUT2D eigenvalue weighted by Gasteiger charge is 1.95. The molecule has 0 heterocycles. The van der Waals surface area contributed by atoms with Crippen LogP contribution in [0.3, 0.4) is 0 Å². The molecule has 0 saturated heterocycles. The van der Waals surface area contributed by atoms with Crippen molar-refractivity contribution in [2.45, 2.75) is 0 Å². The molecule has 0 aliphatic heterocycles. The minimum Gasteiger partial charge on any atom is -0.310 e. The fourth-order valence-electron chi connectivity index (χ4n) is 0.0252. The Morgan fingerprint density at radius 2 is 2.17 bits per heavy atom. The predicted molar refractivity (Wildman–Crippen MR) is 25.5 cm³/mol. The van der Waals surface area contributed by atoms with E-state index in [4.69, 9.17) is 27.4 Å². The van der Waals surface area contributed by atoms with Crippen LogP contribution in [0.25, 0.3) is 0 Å². The first-order valence-electron chi connectivity index (χ1n) is 0.886. The van der Waals surface area contributed by atoms with Crippen molar-refractivity contribution in [2.24, 2.45) is 5.34 Å². The SMILES string of the molecule is O=NOP(Cl)Cl. The van der Waals surface area contributed by atoms with Crippen LogP contribution in [0, 0.1) is 4.91 Å². The summed E-state index contributed by atoms with van der Waals surface area (Å²) in [4.78, 5) is 8.99. The molecule has 36 valence electrons. The van der Waals surface area contributed by atoms with Gasteiger partial charge in [0.2, 0.25) is 0 Å². The van der Waals surface area contributed by atoms with E-state index in [-0.39, 0.29) is 0 Å². The summed E-state index contributed by atoms with van der Waals surface area (Å²) in [6.07, 6.45) is 0. The molecule has 0 aliphatic rings. The zero-order chi connectivity index (χ0) is 4.99. The van der Waals surface area contributed by atoms with E-state index in [9.17, 15) is 0 Å². The lowest BCUT2D eigenvalue weighted by atomic mass is 13.4. The van der Waals surface area contributed by atoms with Crippen molar-refractivity contribution in [1.82, 2.24) is 0 Å². The molecule has 0 spiro atoms. The number of hydrogen-bond acceptors (Lipinski definition) is 3. The van der Waals surface area contributed by atoms with Crippen molar-refractivity contribution >= 4 is 29.3 Å². The van der Waals surface area contributed by atoms with Crippen molar-refractivity contribution in [1.29, 1.82) is 0 Å². The first-order valence-corrected chi connectivity index (χ1v) is 3.96. The van der Waals surface area contributed by atoms with Gasteiger partial charge in [-0.05, 0) is 22.5 Å². The van der Waals surface area contributed by atoms with Crippen LogP contribution in [-0.4, -0.2) is 0 Å². The molecule has 6 heteroatoms. The molecule has 0 N–H and O–H groups in total. The highest BCUT2D eigenvalue weighted by atomic mass is 35.9. The van der Waals surface area contributed by atoms with Crippen molar-refractivity contribution in [3.63, 3.8) is 0 Å². The molecule has 0 bridgehead atoms. The van der Waals surface area contributed by atoms with Gasteiger partial charge in [0.1, 0.15) is 0 Å². The fraction of sp³-hybridized carbons (Fsp3) is 0. The summed E-state index contributed by atoms with van der Waals surface area (Å²) >= 11 is 9.78. The molecule has 0 unspecified atom stereocenters. The summed E-state index contributed by atoms with van der Waals surface area (Å²) < 4.78 is 3.71. The van der Waals surface area contributed by atoms with Crippen LogP contribution < -0.4 is 0 Å². The van der Waals surface area contributed by atoms with Crippen LogP contribution in [0.1, 0.15) is 0 Å². The average Bonchev–Trinajstić information content (AvgIpc) is 1.35. The third-order valence-electron chi connectivity index (χ3n) is 0.0951. The summed E-state index contributed by atoms with van der Waals surface area (Å²) in [5.74, 6) is 0. The van der Waals surface area contributed by atoms with Crippen LogP contribution in [-0.2, 0) is 4.62 Å². The molecule has 0 atom stereocenters. The maximum Gasteiger partial charge on any atom is 0.318 e. The molecule has 0 aromatic heterocycles. The van der Waals surface area contributed by atoms with Gasteiger partial charge in [0.25, 0.3) is 0 Å². The number of nitrogens with zero attached hydrogens (tertiary/aromatic N) is 1. The monoisotopic (exact) mass is 147 g/mol. The summed E-state index contributed by atoms with van der Waals surface area (Å²) in [7, 11) is 0. The van der Waals surface area contributed by atoms with Gasteiger partial charge in [0, 0.05) is 0 Å². The standard InChI is InChI=1S/Cl2NO2P/c1-6(2)5-3-4. The van der Waals surface area contributed by atoms with E-state index in [1.807, 2.05) is 5.34 Å². The number of hydrogen-bond donors (Lipinski definition) is 0. The molecule has 0 aromatic rings. The molecule has 0 amide bonds. The molecule has 6 heavy (non-hydrogen) atoms. The second-order valence-electron chi connectivity index (χ2n) is 0.358. The van der Waals surface area contributed by atoms with E-state index >= 15 is 0 Å². The summed E-state index contributed by atoms with van der Waals surface area (Å²) in [5.41, 5.74) is 0. The Bertz CT molecular complexity index is 46.8. The lowest BCUT2D eigenvalue weighted by Gasteiger charge is -1.84. The Kier molecular flexibility index (Phi) is 3.84. The van der Waals surface area contributed by atoms with Gasteiger partial charge < -0.3 is 4.62 Å². The Hall–Kier alpha value is 0.410. The predicted octanol–water partition coefficient (Wildman–Crippen LogP) is 2.39. The van der Waals surface area contributed by atoms with E-state index in [2.05, 4.69) is 4.62 Å². The Labute approximate surface area is 44.9 Å². The van der Waals surface area contributed by atoms with E-state index in [1.54, 1.807) is 0 Å². The first kappa shape index (κ1) is 6.41. The van der Waals surface area contributed by atoms with Crippen LogP contribution in [0.4, 0.5) is 0 Å². The van der Waals surface area contributed by atoms with Crippen LogP contribution in [0.2, 0.25) is 0 Å². The van der Waals surface area contributed by atoms with Gasteiger partial charge in [-0.15, -0.1) is 4.91 Å². The fourth-order valence-corrected chi connectivity index (χ4v) is 0.227. The van der Waals surface area contributed by atoms with Gasteiger partial charge in [-0.2, -0.15) is 0 Å². The lowest BCUT2D eigenvalue weighted by molar-refractivity contribution is 0.389. The molecule has 0 radical (unpaired) electrons. The lowest BCUT2D eigenvalue weighted by Crippen LogP contribution is -1.50. The van der Waals surface area contributed by atoms with Crippen LogP contribution in [0.5, 0.6) is 0 Å². The quantitative estimate of drug-likeness (QED) is 0.342. The van der Waals surface area contributed by atoms with E-state index < -0.39 is 6.85 Å². The van der Waals surface area contributed by atoms with E-state index in [0.29, 0.717) is 0 Å². The molecule has 3 nitrogen and oxygen atoms in total. The summed E-state index contributed by atoms with van der Waals surface area (Å²) in [6, 6.07) is 0. The second-order valence-corrected chi connectivity index (χ2v) is 3.29. The average molecular weight is 148 g/mol. The smallest absolute Gasteiger partial charge is 0.310 e. The molecule has 0 rings (SSSR count). The highest BCUT2D eigenvalue weighted by molar-refractivity contribution is 8.00. The van der Waals surface area contributed by atoms with E-state index in [0.717, 1.165) is 0 Å². The molecule has 0 fully saturated rings. The first-order chi connectivity index (χ1) is 2.77. The molecular formula is Cl2NO2P. The minimum absolute atomic E-state index is 1.64. The maximum atomic E-state index is 8.99. The van der Waals surface area contributed by atoms with Gasteiger partial charge in [0.15, 0.2) is 5.34 Å². The highest BCUT2D eigenvalue weighted by Crippen LogP contribution is 2.47. The number of halogens is 2. The number of rotatable bonds is 2. The van der Waals surface area contributed by atoms with Gasteiger partial charge >= 0.3 is 6.85 Å². The molecular weight excluding hydrogens is 148 g/mol. The van der Waals surface area contributed by atoms with Crippen LogP contribution >= 0.6 is 29.3 Å². The molecule has 0 aromatic carbocycles. The third kappa shape index (κ3) is 4.41. The Morgan fingerprint density at radius 1 is 1.67 bits per heavy atom. The largest absolute Gasteiger partial charge is 0.318 e. The Balaban J connectivity index is 2.81. The van der Waals surface area contributed by atoms with Crippen molar-refractivity contribution < 1.29 is 4.62 Å². The summed E-state index contributed by atoms with van der Waals surface area (Å²) in [6.45, 7) is -1.64. The molecule has 0 saturated carbocycles. The minimum atomic E-state index is -1.64. The normalized spacial score (nSPS) is 8.50. The zero-order valence-electron chi connectivity index (χ0n) is 2.47. The second kappa shape index (κ2) is 3.59.